The number of carbonyl (C=O) groups excluding carboxylic acids is 1. The zero-order valence-electron chi connectivity index (χ0n) is 14.6. The molecule has 1 fully saturated rings. The fourth-order valence-corrected chi connectivity index (χ4v) is 4.76. The van der Waals surface area contributed by atoms with Gasteiger partial charge >= 0.3 is 0 Å². The average molecular weight is 415 g/mol. The molecule has 6 nitrogen and oxygen atoms in total. The largest absolute Gasteiger partial charge is 0.302 e. The number of sulfonamides is 1. The van der Waals surface area contributed by atoms with E-state index in [-0.39, 0.29) is 17.6 Å². The van der Waals surface area contributed by atoms with Crippen molar-refractivity contribution in [3.05, 3.63) is 35.2 Å². The van der Waals surface area contributed by atoms with E-state index in [0.717, 1.165) is 12.1 Å². The van der Waals surface area contributed by atoms with Gasteiger partial charge in [-0.3, -0.25) is 4.79 Å². The van der Waals surface area contributed by atoms with Gasteiger partial charge in [0.05, 0.1) is 11.4 Å². The molecule has 0 unspecified atom stereocenters. The molecule has 1 saturated heterocycles. The molecule has 2 aromatic rings. The Morgan fingerprint density at radius 3 is 2.63 bits per heavy atom. The summed E-state index contributed by atoms with van der Waals surface area (Å²) in [5, 5.41) is 4.74. The number of piperidine rings is 1. The molecule has 3 rings (SSSR count). The van der Waals surface area contributed by atoms with Gasteiger partial charge in [-0.05, 0) is 38.0 Å². The number of amides is 1. The van der Waals surface area contributed by atoms with Crippen LogP contribution in [0.25, 0.3) is 11.3 Å². The van der Waals surface area contributed by atoms with E-state index in [1.54, 1.807) is 12.3 Å². The number of aromatic nitrogens is 1. The summed E-state index contributed by atoms with van der Waals surface area (Å²) in [5.74, 6) is -2.34. The molecular formula is C17H19F2N3O3S2. The first-order valence-corrected chi connectivity index (χ1v) is 11.0. The highest BCUT2D eigenvalue weighted by molar-refractivity contribution is 7.89. The van der Waals surface area contributed by atoms with Gasteiger partial charge in [0.2, 0.25) is 15.9 Å². The van der Waals surface area contributed by atoms with Crippen LogP contribution in [-0.2, 0) is 14.8 Å². The second kappa shape index (κ2) is 7.99. The number of rotatable bonds is 5. The van der Waals surface area contributed by atoms with E-state index in [4.69, 9.17) is 0 Å². The Labute approximate surface area is 160 Å². The van der Waals surface area contributed by atoms with Crippen LogP contribution in [-0.4, -0.2) is 42.5 Å². The maximum atomic E-state index is 13.3. The lowest BCUT2D eigenvalue weighted by atomic mass is 9.97. The number of nitrogens with one attached hydrogen (secondary N) is 1. The molecule has 2 heterocycles. The van der Waals surface area contributed by atoms with Crippen LogP contribution in [0.5, 0.6) is 0 Å². The number of nitrogens with zero attached hydrogens (tertiary/aromatic N) is 2. The third kappa shape index (κ3) is 4.50. The average Bonchev–Trinajstić information content (AvgIpc) is 3.12. The number of halogens is 2. The molecule has 0 spiro atoms. The Balaban J connectivity index is 1.61. The molecular weight excluding hydrogens is 396 g/mol. The lowest BCUT2D eigenvalue weighted by Crippen LogP contribution is -2.42. The van der Waals surface area contributed by atoms with Crippen LogP contribution in [0.3, 0.4) is 0 Å². The van der Waals surface area contributed by atoms with Gasteiger partial charge in [-0.25, -0.2) is 26.5 Å². The van der Waals surface area contributed by atoms with E-state index in [1.165, 1.54) is 21.7 Å². The Hall–Kier alpha value is -1.91. The normalized spacial score (nSPS) is 16.4. The summed E-state index contributed by atoms with van der Waals surface area (Å²) in [6.07, 6.45) is 0.902. The van der Waals surface area contributed by atoms with Crippen LogP contribution < -0.4 is 5.32 Å². The Kier molecular flexibility index (Phi) is 5.87. The van der Waals surface area contributed by atoms with Crippen molar-refractivity contribution in [3.63, 3.8) is 0 Å². The smallest absolute Gasteiger partial charge is 0.229 e. The van der Waals surface area contributed by atoms with Crippen LogP contribution >= 0.6 is 11.3 Å². The van der Waals surface area contributed by atoms with Crippen LogP contribution in [0.1, 0.15) is 19.8 Å². The van der Waals surface area contributed by atoms with E-state index in [9.17, 15) is 22.0 Å². The summed E-state index contributed by atoms with van der Waals surface area (Å²) < 4.78 is 51.5. The molecule has 10 heteroatoms. The number of carbonyl (C=O) groups is 1. The first-order valence-electron chi connectivity index (χ1n) is 8.50. The van der Waals surface area contributed by atoms with E-state index in [0.29, 0.717) is 42.3 Å². The molecule has 1 aliphatic rings. The van der Waals surface area contributed by atoms with E-state index in [1.807, 2.05) is 0 Å². The minimum absolute atomic E-state index is 0.0513. The standard InChI is InChI=1S/C17H19F2N3O3S2/c1-2-27(24,25)22-7-5-11(6-8-22)16(23)21-17-20-15(10-26-17)12-3-4-13(18)14(19)9-12/h3-4,9-11H,2,5-8H2,1H3,(H,20,21,23). The zero-order chi connectivity index (χ0) is 19.6. The van der Waals surface area contributed by atoms with Crippen molar-refractivity contribution in [3.8, 4) is 11.3 Å². The molecule has 1 aromatic heterocycles. The van der Waals surface area contributed by atoms with E-state index >= 15 is 0 Å². The molecule has 0 radical (unpaired) electrons. The maximum absolute atomic E-state index is 13.3. The Morgan fingerprint density at radius 1 is 1.30 bits per heavy atom. The number of hydrogen-bond acceptors (Lipinski definition) is 5. The zero-order valence-corrected chi connectivity index (χ0v) is 16.2. The predicted octanol–water partition coefficient (Wildman–Crippen LogP) is 3.09. The van der Waals surface area contributed by atoms with E-state index in [2.05, 4.69) is 10.3 Å². The molecule has 1 aliphatic heterocycles. The topological polar surface area (TPSA) is 79.4 Å². The first kappa shape index (κ1) is 19.8. The molecule has 0 atom stereocenters. The van der Waals surface area contributed by atoms with Gasteiger partial charge in [-0.15, -0.1) is 11.3 Å². The second-order valence-electron chi connectivity index (χ2n) is 6.23. The van der Waals surface area contributed by atoms with Gasteiger partial charge in [0, 0.05) is 30.0 Å². The minimum Gasteiger partial charge on any atom is -0.302 e. The van der Waals surface area contributed by atoms with Crippen LogP contribution in [0.4, 0.5) is 13.9 Å². The van der Waals surface area contributed by atoms with Crippen molar-refractivity contribution < 1.29 is 22.0 Å². The number of hydrogen-bond donors (Lipinski definition) is 1. The van der Waals surface area contributed by atoms with Gasteiger partial charge < -0.3 is 5.32 Å². The third-order valence-electron chi connectivity index (χ3n) is 4.53. The predicted molar refractivity (Wildman–Crippen MR) is 99.9 cm³/mol. The molecule has 1 amide bonds. The third-order valence-corrected chi connectivity index (χ3v) is 7.17. The van der Waals surface area contributed by atoms with Gasteiger partial charge in [0.15, 0.2) is 16.8 Å². The summed E-state index contributed by atoms with van der Waals surface area (Å²) in [6.45, 7) is 2.25. The van der Waals surface area contributed by atoms with Gasteiger partial charge in [-0.1, -0.05) is 0 Å². The summed E-state index contributed by atoms with van der Waals surface area (Å²) >= 11 is 1.19. The Morgan fingerprint density at radius 2 is 2.00 bits per heavy atom. The van der Waals surface area contributed by atoms with Crippen molar-refractivity contribution in [2.45, 2.75) is 19.8 Å². The summed E-state index contributed by atoms with van der Waals surface area (Å²) in [7, 11) is -3.23. The summed E-state index contributed by atoms with van der Waals surface area (Å²) in [5.41, 5.74) is 0.863. The monoisotopic (exact) mass is 415 g/mol. The van der Waals surface area contributed by atoms with Gasteiger partial charge in [0.1, 0.15) is 0 Å². The van der Waals surface area contributed by atoms with Crippen molar-refractivity contribution in [2.75, 3.05) is 24.2 Å². The van der Waals surface area contributed by atoms with Crippen LogP contribution in [0, 0.1) is 17.6 Å². The van der Waals surface area contributed by atoms with Crippen LogP contribution in [0.2, 0.25) is 0 Å². The number of benzene rings is 1. The quantitative estimate of drug-likeness (QED) is 0.814. The van der Waals surface area contributed by atoms with Crippen molar-refractivity contribution in [2.24, 2.45) is 5.92 Å². The highest BCUT2D eigenvalue weighted by Crippen LogP contribution is 2.27. The van der Waals surface area contributed by atoms with Crippen molar-refractivity contribution in [1.82, 2.24) is 9.29 Å². The lowest BCUT2D eigenvalue weighted by Gasteiger charge is -2.30. The van der Waals surface area contributed by atoms with E-state index < -0.39 is 21.7 Å². The minimum atomic E-state index is -3.23. The van der Waals surface area contributed by atoms with Crippen molar-refractivity contribution in [1.29, 1.82) is 0 Å². The highest BCUT2D eigenvalue weighted by atomic mass is 32.2. The maximum Gasteiger partial charge on any atom is 0.229 e. The molecule has 0 saturated carbocycles. The van der Waals surface area contributed by atoms with Gasteiger partial charge in [0.25, 0.3) is 0 Å². The summed E-state index contributed by atoms with van der Waals surface area (Å²) in [4.78, 5) is 16.7. The van der Waals surface area contributed by atoms with Crippen LogP contribution in [0.15, 0.2) is 23.6 Å². The fraction of sp³-hybridized carbons (Fsp3) is 0.412. The lowest BCUT2D eigenvalue weighted by molar-refractivity contribution is -0.120. The number of anilines is 1. The Bertz CT molecular complexity index is 939. The first-order chi connectivity index (χ1) is 12.8. The molecule has 27 heavy (non-hydrogen) atoms. The van der Waals surface area contributed by atoms with Gasteiger partial charge in [-0.2, -0.15) is 0 Å². The van der Waals surface area contributed by atoms with Crippen molar-refractivity contribution >= 4 is 32.4 Å². The molecule has 1 N–H and O–H groups in total. The molecule has 1 aromatic carbocycles. The SMILES string of the molecule is CCS(=O)(=O)N1CCC(C(=O)Nc2nc(-c3ccc(F)c(F)c3)cs2)CC1. The fourth-order valence-electron chi connectivity index (χ4n) is 2.91. The number of thiazole rings is 1. The second-order valence-corrected chi connectivity index (χ2v) is 9.35. The summed E-state index contributed by atoms with van der Waals surface area (Å²) in [6, 6.07) is 3.50. The highest BCUT2D eigenvalue weighted by Gasteiger charge is 2.30. The molecule has 0 aliphatic carbocycles. The molecule has 146 valence electrons. The molecule has 0 bridgehead atoms.